The molecule has 4 nitrogen and oxygen atoms in total. The number of hydrogen-bond donors (Lipinski definition) is 1. The van der Waals surface area contributed by atoms with E-state index in [1.54, 1.807) is 0 Å². The van der Waals surface area contributed by atoms with Gasteiger partial charge < -0.3 is 10.2 Å². The van der Waals surface area contributed by atoms with Crippen LogP contribution < -0.4 is 5.32 Å². The van der Waals surface area contributed by atoms with Gasteiger partial charge in [0.1, 0.15) is 0 Å². The summed E-state index contributed by atoms with van der Waals surface area (Å²) in [7, 11) is 4.26. The van der Waals surface area contributed by atoms with E-state index < -0.39 is 0 Å². The lowest BCUT2D eigenvalue weighted by Crippen LogP contribution is -2.26. The summed E-state index contributed by atoms with van der Waals surface area (Å²) in [5.41, 5.74) is 4.32. The fourth-order valence-electron chi connectivity index (χ4n) is 2.74. The Bertz CT molecular complexity index is 426. The molecule has 1 aromatic rings. The second-order valence-corrected chi connectivity index (χ2v) is 6.83. The molecule has 1 aromatic heterocycles. The molecule has 0 atom stereocenters. The van der Waals surface area contributed by atoms with Crippen molar-refractivity contribution in [2.75, 3.05) is 27.2 Å². The minimum atomic E-state index is 0.135. The number of nitrogens with one attached hydrogen (secondary N) is 1. The molecule has 0 saturated heterocycles. The third-order valence-electron chi connectivity index (χ3n) is 3.69. The van der Waals surface area contributed by atoms with Crippen LogP contribution in [-0.4, -0.2) is 41.9 Å². The van der Waals surface area contributed by atoms with E-state index in [2.05, 4.69) is 49.8 Å². The molecular weight excluding hydrogens is 236 g/mol. The molecule has 0 fully saturated rings. The highest BCUT2D eigenvalue weighted by molar-refractivity contribution is 5.33. The number of aromatic nitrogens is 2. The van der Waals surface area contributed by atoms with Gasteiger partial charge in [-0.05, 0) is 27.1 Å². The molecule has 2 rings (SSSR count). The Kier molecular flexibility index (Phi) is 4.31. The van der Waals surface area contributed by atoms with E-state index >= 15 is 0 Å². The third-order valence-corrected chi connectivity index (χ3v) is 3.69. The van der Waals surface area contributed by atoms with Gasteiger partial charge in [-0.25, -0.2) is 0 Å². The zero-order chi connectivity index (χ0) is 14.0. The zero-order valence-electron chi connectivity index (χ0n) is 13.1. The SMILES string of the molecule is CN(C)CCCn1nc(C(C)(C)C)c2c1CCNC2. The van der Waals surface area contributed by atoms with Gasteiger partial charge in [0, 0.05) is 42.7 Å². The quantitative estimate of drug-likeness (QED) is 0.900. The molecule has 1 aliphatic rings. The number of fused-ring (bicyclic) bond motifs is 1. The molecule has 0 aromatic carbocycles. The van der Waals surface area contributed by atoms with Crippen molar-refractivity contribution in [3.05, 3.63) is 17.0 Å². The van der Waals surface area contributed by atoms with Gasteiger partial charge in [0.05, 0.1) is 5.69 Å². The summed E-state index contributed by atoms with van der Waals surface area (Å²) in [6.07, 6.45) is 2.28. The van der Waals surface area contributed by atoms with Crippen LogP contribution in [0.2, 0.25) is 0 Å². The van der Waals surface area contributed by atoms with Crippen molar-refractivity contribution < 1.29 is 0 Å². The smallest absolute Gasteiger partial charge is 0.0725 e. The molecular formula is C15H28N4. The number of nitrogens with zero attached hydrogens (tertiary/aromatic N) is 3. The van der Waals surface area contributed by atoms with Crippen molar-refractivity contribution in [3.8, 4) is 0 Å². The van der Waals surface area contributed by atoms with Crippen LogP contribution in [0.5, 0.6) is 0 Å². The highest BCUT2D eigenvalue weighted by atomic mass is 15.3. The van der Waals surface area contributed by atoms with Crippen LogP contribution in [-0.2, 0) is 24.9 Å². The molecule has 1 N–H and O–H groups in total. The van der Waals surface area contributed by atoms with E-state index in [0.29, 0.717) is 0 Å². The predicted molar refractivity (Wildman–Crippen MR) is 79.5 cm³/mol. The second kappa shape index (κ2) is 5.63. The largest absolute Gasteiger partial charge is 0.312 e. The van der Waals surface area contributed by atoms with Gasteiger partial charge in [-0.2, -0.15) is 5.10 Å². The second-order valence-electron chi connectivity index (χ2n) is 6.83. The summed E-state index contributed by atoms with van der Waals surface area (Å²) < 4.78 is 2.26. The molecule has 19 heavy (non-hydrogen) atoms. The average Bonchev–Trinajstić information content (AvgIpc) is 2.68. The van der Waals surface area contributed by atoms with Gasteiger partial charge in [0.15, 0.2) is 0 Å². The maximum atomic E-state index is 4.92. The van der Waals surface area contributed by atoms with Crippen LogP contribution >= 0.6 is 0 Å². The van der Waals surface area contributed by atoms with E-state index in [1.807, 2.05) is 0 Å². The van der Waals surface area contributed by atoms with Crippen molar-refractivity contribution >= 4 is 0 Å². The summed E-state index contributed by atoms with van der Waals surface area (Å²) in [6.45, 7) is 11.0. The minimum absolute atomic E-state index is 0.135. The van der Waals surface area contributed by atoms with E-state index in [0.717, 1.165) is 39.0 Å². The average molecular weight is 264 g/mol. The van der Waals surface area contributed by atoms with Gasteiger partial charge in [0.2, 0.25) is 0 Å². The van der Waals surface area contributed by atoms with E-state index in [4.69, 9.17) is 5.10 Å². The lowest BCUT2D eigenvalue weighted by molar-refractivity contribution is 0.376. The Labute approximate surface area is 117 Å². The molecule has 108 valence electrons. The van der Waals surface area contributed by atoms with Gasteiger partial charge in [-0.3, -0.25) is 4.68 Å². The summed E-state index contributed by atoms with van der Waals surface area (Å²) in [5, 5.41) is 8.40. The van der Waals surface area contributed by atoms with Crippen LogP contribution in [0.15, 0.2) is 0 Å². The Morgan fingerprint density at radius 1 is 1.32 bits per heavy atom. The van der Waals surface area contributed by atoms with Crippen molar-refractivity contribution in [1.82, 2.24) is 20.0 Å². The van der Waals surface area contributed by atoms with E-state index in [9.17, 15) is 0 Å². The van der Waals surface area contributed by atoms with E-state index in [-0.39, 0.29) is 5.41 Å². The van der Waals surface area contributed by atoms with Gasteiger partial charge >= 0.3 is 0 Å². The summed E-state index contributed by atoms with van der Waals surface area (Å²) in [4.78, 5) is 2.24. The normalized spacial score (nSPS) is 15.9. The predicted octanol–water partition coefficient (Wildman–Crippen LogP) is 1.78. The Balaban J connectivity index is 2.21. The van der Waals surface area contributed by atoms with E-state index in [1.165, 1.54) is 17.0 Å². The van der Waals surface area contributed by atoms with Gasteiger partial charge in [-0.1, -0.05) is 20.8 Å². The fourth-order valence-corrected chi connectivity index (χ4v) is 2.74. The zero-order valence-corrected chi connectivity index (χ0v) is 13.1. The third kappa shape index (κ3) is 3.37. The molecule has 0 amide bonds. The van der Waals surface area contributed by atoms with Crippen molar-refractivity contribution in [3.63, 3.8) is 0 Å². The lowest BCUT2D eigenvalue weighted by Gasteiger charge is -2.20. The number of aryl methyl sites for hydroxylation is 1. The molecule has 1 aliphatic heterocycles. The van der Waals surface area contributed by atoms with Crippen LogP contribution in [0.25, 0.3) is 0 Å². The lowest BCUT2D eigenvalue weighted by atomic mass is 9.88. The van der Waals surface area contributed by atoms with Crippen molar-refractivity contribution in [1.29, 1.82) is 0 Å². The topological polar surface area (TPSA) is 33.1 Å². The molecule has 0 spiro atoms. The Morgan fingerprint density at radius 2 is 2.05 bits per heavy atom. The molecule has 0 bridgehead atoms. The van der Waals surface area contributed by atoms with Crippen LogP contribution in [0.4, 0.5) is 0 Å². The number of rotatable bonds is 4. The van der Waals surface area contributed by atoms with Gasteiger partial charge in [0.25, 0.3) is 0 Å². The number of hydrogen-bond acceptors (Lipinski definition) is 3. The molecule has 2 heterocycles. The van der Waals surface area contributed by atoms with Gasteiger partial charge in [-0.15, -0.1) is 0 Å². The summed E-state index contributed by atoms with van der Waals surface area (Å²) >= 11 is 0. The standard InChI is InChI=1S/C15H28N4/c1-15(2,3)14-12-11-16-8-7-13(12)19(17-14)10-6-9-18(4)5/h16H,6-11H2,1-5H3. The monoisotopic (exact) mass is 264 g/mol. The highest BCUT2D eigenvalue weighted by Crippen LogP contribution is 2.29. The molecule has 0 aliphatic carbocycles. The first-order valence-corrected chi connectivity index (χ1v) is 7.34. The van der Waals surface area contributed by atoms with Crippen LogP contribution in [0.1, 0.15) is 44.1 Å². The molecule has 0 radical (unpaired) electrons. The Morgan fingerprint density at radius 3 is 2.68 bits per heavy atom. The molecule has 0 saturated carbocycles. The maximum absolute atomic E-state index is 4.92. The Hall–Kier alpha value is -0.870. The summed E-state index contributed by atoms with van der Waals surface area (Å²) in [6, 6.07) is 0. The first-order chi connectivity index (χ1) is 8.89. The highest BCUT2D eigenvalue weighted by Gasteiger charge is 2.27. The summed E-state index contributed by atoms with van der Waals surface area (Å²) in [5.74, 6) is 0. The molecule has 0 unspecified atom stereocenters. The fraction of sp³-hybridized carbons (Fsp3) is 0.800. The van der Waals surface area contributed by atoms with Crippen molar-refractivity contribution in [2.45, 2.75) is 52.1 Å². The van der Waals surface area contributed by atoms with Crippen molar-refractivity contribution in [2.24, 2.45) is 0 Å². The first kappa shape index (κ1) is 14.5. The minimum Gasteiger partial charge on any atom is -0.312 e. The van der Waals surface area contributed by atoms with Crippen LogP contribution in [0.3, 0.4) is 0 Å². The molecule has 4 heteroatoms. The first-order valence-electron chi connectivity index (χ1n) is 7.34. The maximum Gasteiger partial charge on any atom is 0.0725 e. The van der Waals surface area contributed by atoms with Crippen LogP contribution in [0, 0.1) is 0 Å².